The van der Waals surface area contributed by atoms with E-state index in [1.54, 1.807) is 14.2 Å². The molecule has 1 saturated heterocycles. The Bertz CT molecular complexity index is 1200. The van der Waals surface area contributed by atoms with Crippen molar-refractivity contribution >= 4 is 5.91 Å². The van der Waals surface area contributed by atoms with Crippen molar-refractivity contribution in [1.82, 2.24) is 15.1 Å². The van der Waals surface area contributed by atoms with Crippen LogP contribution in [0.5, 0.6) is 17.2 Å². The number of carbonyl (C=O) groups is 1. The Hall–Kier alpha value is -3.52. The minimum atomic E-state index is -0.328. The van der Waals surface area contributed by atoms with Crippen LogP contribution in [-0.2, 0) is 4.74 Å². The maximum atomic E-state index is 13.6. The number of amides is 1. The van der Waals surface area contributed by atoms with Gasteiger partial charge in [0, 0.05) is 24.3 Å². The summed E-state index contributed by atoms with van der Waals surface area (Å²) in [4.78, 5) is 15.5. The van der Waals surface area contributed by atoms with E-state index < -0.39 is 0 Å². The molecule has 1 N–H and O–H groups in total. The lowest BCUT2D eigenvalue weighted by Crippen LogP contribution is -2.36. The monoisotopic (exact) mass is 491 g/mol. The maximum absolute atomic E-state index is 13.6. The van der Waals surface area contributed by atoms with Crippen molar-refractivity contribution in [3.63, 3.8) is 0 Å². The minimum absolute atomic E-state index is 0.0244. The van der Waals surface area contributed by atoms with E-state index in [4.69, 9.17) is 18.9 Å². The van der Waals surface area contributed by atoms with Crippen molar-refractivity contribution in [2.75, 3.05) is 34.0 Å². The summed E-state index contributed by atoms with van der Waals surface area (Å²) in [6.45, 7) is 4.02. The Balaban J connectivity index is 1.56. The predicted molar refractivity (Wildman–Crippen MR) is 136 cm³/mol. The second-order valence-electron chi connectivity index (χ2n) is 9.20. The summed E-state index contributed by atoms with van der Waals surface area (Å²) in [6, 6.07) is 13.3. The van der Waals surface area contributed by atoms with Crippen LogP contribution in [0.25, 0.3) is 11.3 Å². The van der Waals surface area contributed by atoms with Gasteiger partial charge in [0.25, 0.3) is 5.91 Å². The first kappa shape index (κ1) is 24.2. The minimum Gasteiger partial charge on any atom is -0.497 e. The predicted octanol–water partition coefficient (Wildman–Crippen LogP) is 5.00. The molecule has 8 nitrogen and oxygen atoms in total. The zero-order valence-electron chi connectivity index (χ0n) is 21.1. The molecule has 0 saturated carbocycles. The second-order valence-corrected chi connectivity index (χ2v) is 9.20. The van der Waals surface area contributed by atoms with Crippen molar-refractivity contribution in [3.05, 3.63) is 59.3 Å². The quantitative estimate of drug-likeness (QED) is 0.402. The summed E-state index contributed by atoms with van der Waals surface area (Å²) < 4.78 is 22.9. The molecule has 0 aliphatic carbocycles. The standard InChI is InChI=1S/C28H33N3O5/c1-4-5-14-36-22-13-10-19(16-23(22)34-3)27-24-25(18-8-11-20(33-2)12-9-18)29-30-26(24)28(32)31(27)17-21-7-6-15-35-21/h8-13,16,21,27H,4-7,14-15,17H2,1-3H3,(H,29,30). The van der Waals surface area contributed by atoms with Crippen LogP contribution in [0.1, 0.15) is 60.3 Å². The highest BCUT2D eigenvalue weighted by atomic mass is 16.5. The number of nitrogens with one attached hydrogen (secondary N) is 1. The molecule has 0 radical (unpaired) electrons. The number of hydrogen-bond donors (Lipinski definition) is 1. The van der Waals surface area contributed by atoms with E-state index in [0.717, 1.165) is 60.4 Å². The van der Waals surface area contributed by atoms with Crippen LogP contribution in [0.3, 0.4) is 0 Å². The normalized spacial score (nSPS) is 19.0. The summed E-state index contributed by atoms with van der Waals surface area (Å²) in [5.41, 5.74) is 3.99. The van der Waals surface area contributed by atoms with Crippen LogP contribution >= 0.6 is 0 Å². The third kappa shape index (κ3) is 4.53. The van der Waals surface area contributed by atoms with Gasteiger partial charge in [-0.15, -0.1) is 0 Å². The molecule has 0 spiro atoms. The molecule has 1 amide bonds. The lowest BCUT2D eigenvalue weighted by Gasteiger charge is -2.29. The van der Waals surface area contributed by atoms with Gasteiger partial charge < -0.3 is 23.8 Å². The van der Waals surface area contributed by atoms with Crippen LogP contribution in [0.2, 0.25) is 0 Å². The molecule has 5 rings (SSSR count). The first-order chi connectivity index (χ1) is 17.6. The number of nitrogens with zero attached hydrogens (tertiary/aromatic N) is 2. The number of methoxy groups -OCH3 is 2. The summed E-state index contributed by atoms with van der Waals surface area (Å²) in [5.74, 6) is 2.05. The smallest absolute Gasteiger partial charge is 0.273 e. The molecular formula is C28H33N3O5. The fourth-order valence-corrected chi connectivity index (χ4v) is 5.01. The molecule has 2 atom stereocenters. The van der Waals surface area contributed by atoms with E-state index in [2.05, 4.69) is 17.1 Å². The van der Waals surface area contributed by atoms with Crippen LogP contribution < -0.4 is 14.2 Å². The van der Waals surface area contributed by atoms with E-state index in [1.807, 2.05) is 47.4 Å². The molecule has 190 valence electrons. The van der Waals surface area contributed by atoms with E-state index >= 15 is 0 Å². The number of H-pyrrole nitrogens is 1. The number of aromatic nitrogens is 2. The van der Waals surface area contributed by atoms with E-state index in [1.165, 1.54) is 0 Å². The Morgan fingerprint density at radius 1 is 1.11 bits per heavy atom. The van der Waals surface area contributed by atoms with Gasteiger partial charge in [-0.25, -0.2) is 0 Å². The second kappa shape index (κ2) is 10.6. The highest BCUT2D eigenvalue weighted by molar-refractivity contribution is 6.00. The number of aromatic amines is 1. The maximum Gasteiger partial charge on any atom is 0.273 e. The van der Waals surface area contributed by atoms with Gasteiger partial charge in [0.15, 0.2) is 11.5 Å². The van der Waals surface area contributed by atoms with Crippen molar-refractivity contribution in [1.29, 1.82) is 0 Å². The highest BCUT2D eigenvalue weighted by Crippen LogP contribution is 2.45. The summed E-state index contributed by atoms with van der Waals surface area (Å²) in [5, 5.41) is 7.59. The molecule has 2 aliphatic rings. The first-order valence-corrected chi connectivity index (χ1v) is 12.6. The lowest BCUT2D eigenvalue weighted by atomic mass is 9.95. The number of rotatable bonds is 10. The van der Waals surface area contributed by atoms with Gasteiger partial charge in [0.1, 0.15) is 11.4 Å². The van der Waals surface area contributed by atoms with Gasteiger partial charge in [-0.05, 0) is 61.2 Å². The number of hydrogen-bond acceptors (Lipinski definition) is 6. The SMILES string of the molecule is CCCCOc1ccc(C2c3c(-c4ccc(OC)cc4)n[nH]c3C(=O)N2CC2CCCO2)cc1OC. The van der Waals surface area contributed by atoms with E-state index in [9.17, 15) is 4.79 Å². The van der Waals surface area contributed by atoms with Gasteiger partial charge in [-0.3, -0.25) is 9.89 Å². The average molecular weight is 492 g/mol. The molecule has 8 heteroatoms. The molecular weight excluding hydrogens is 458 g/mol. The highest BCUT2D eigenvalue weighted by Gasteiger charge is 2.43. The third-order valence-electron chi connectivity index (χ3n) is 6.91. The van der Waals surface area contributed by atoms with Gasteiger partial charge in [0.2, 0.25) is 0 Å². The Morgan fingerprint density at radius 2 is 1.94 bits per heavy atom. The molecule has 3 aromatic rings. The number of ether oxygens (including phenoxy) is 4. The molecule has 1 aromatic heterocycles. The number of carbonyl (C=O) groups excluding carboxylic acids is 1. The summed E-state index contributed by atoms with van der Waals surface area (Å²) >= 11 is 0. The molecule has 2 aliphatic heterocycles. The van der Waals surface area contributed by atoms with Crippen LogP contribution in [0, 0.1) is 0 Å². The van der Waals surface area contributed by atoms with Crippen LogP contribution in [0.4, 0.5) is 0 Å². The van der Waals surface area contributed by atoms with Gasteiger partial charge in [-0.1, -0.05) is 19.4 Å². The third-order valence-corrected chi connectivity index (χ3v) is 6.91. The van der Waals surface area contributed by atoms with Crippen LogP contribution in [0.15, 0.2) is 42.5 Å². The van der Waals surface area contributed by atoms with Crippen LogP contribution in [-0.4, -0.2) is 61.1 Å². The Kier molecular flexibility index (Phi) is 7.13. The lowest BCUT2D eigenvalue weighted by molar-refractivity contribution is 0.0495. The Morgan fingerprint density at radius 3 is 2.64 bits per heavy atom. The van der Waals surface area contributed by atoms with E-state index in [0.29, 0.717) is 30.3 Å². The van der Waals surface area contributed by atoms with Crippen molar-refractivity contribution in [2.45, 2.75) is 44.8 Å². The van der Waals surface area contributed by atoms with Gasteiger partial charge in [0.05, 0.1) is 38.7 Å². The fourth-order valence-electron chi connectivity index (χ4n) is 5.01. The summed E-state index contributed by atoms with van der Waals surface area (Å²) in [7, 11) is 3.28. The van der Waals surface area contributed by atoms with Crippen molar-refractivity contribution < 1.29 is 23.7 Å². The molecule has 3 heterocycles. The topological polar surface area (TPSA) is 85.9 Å². The number of benzene rings is 2. The largest absolute Gasteiger partial charge is 0.497 e. The van der Waals surface area contributed by atoms with Gasteiger partial charge >= 0.3 is 0 Å². The zero-order valence-corrected chi connectivity index (χ0v) is 21.1. The summed E-state index contributed by atoms with van der Waals surface area (Å²) in [6.07, 6.45) is 4.01. The van der Waals surface area contributed by atoms with Crippen molar-refractivity contribution in [3.8, 4) is 28.5 Å². The first-order valence-electron chi connectivity index (χ1n) is 12.6. The zero-order chi connectivity index (χ0) is 25.1. The molecule has 2 unspecified atom stereocenters. The van der Waals surface area contributed by atoms with E-state index in [-0.39, 0.29) is 18.1 Å². The Labute approximate surface area is 211 Å². The average Bonchev–Trinajstić information content (AvgIpc) is 3.64. The number of unbranched alkanes of at least 4 members (excludes halogenated alkanes) is 1. The van der Waals surface area contributed by atoms with Gasteiger partial charge in [-0.2, -0.15) is 5.10 Å². The molecule has 36 heavy (non-hydrogen) atoms. The van der Waals surface area contributed by atoms with Crippen molar-refractivity contribution in [2.24, 2.45) is 0 Å². The number of fused-ring (bicyclic) bond motifs is 1. The fraction of sp³-hybridized carbons (Fsp3) is 0.429. The molecule has 0 bridgehead atoms. The molecule has 2 aromatic carbocycles. The molecule has 1 fully saturated rings.